The first kappa shape index (κ1) is 12.6. The minimum atomic E-state index is 0.252. The van der Waals surface area contributed by atoms with Crippen LogP contribution in [0.5, 0.6) is 0 Å². The maximum Gasteiger partial charge on any atom is 0.0702 e. The number of nitrogens with zero attached hydrogens (tertiary/aromatic N) is 1. The van der Waals surface area contributed by atoms with Crippen LogP contribution in [-0.2, 0) is 0 Å². The zero-order valence-corrected chi connectivity index (χ0v) is 11.3. The van der Waals surface area contributed by atoms with Gasteiger partial charge in [-0.2, -0.15) is 0 Å². The number of hydrogen-bond acceptors (Lipinski definition) is 3. The van der Waals surface area contributed by atoms with Gasteiger partial charge in [-0.15, -0.1) is 0 Å². The van der Waals surface area contributed by atoms with Crippen molar-refractivity contribution in [1.82, 2.24) is 10.4 Å². The third kappa shape index (κ3) is 2.36. The first-order valence-electron chi connectivity index (χ1n) is 7.10. The van der Waals surface area contributed by atoms with E-state index in [0.717, 1.165) is 11.4 Å². The number of fused-ring (bicyclic) bond motifs is 1. The molecule has 1 aliphatic rings. The van der Waals surface area contributed by atoms with E-state index in [2.05, 4.69) is 41.6 Å². The number of benzene rings is 1. The molecule has 2 aromatic rings. The molecule has 3 nitrogen and oxygen atoms in total. The lowest BCUT2D eigenvalue weighted by Gasteiger charge is -2.27. The van der Waals surface area contributed by atoms with Gasteiger partial charge in [0.15, 0.2) is 0 Å². The van der Waals surface area contributed by atoms with Crippen LogP contribution < -0.4 is 11.3 Å². The minimum Gasteiger partial charge on any atom is -0.271 e. The number of nitrogens with two attached hydrogens (primary N) is 1. The molecular formula is C16H21N3. The van der Waals surface area contributed by atoms with Gasteiger partial charge in [0, 0.05) is 17.6 Å². The van der Waals surface area contributed by atoms with Crippen molar-refractivity contribution in [3.8, 4) is 0 Å². The Morgan fingerprint density at radius 2 is 2.21 bits per heavy atom. The van der Waals surface area contributed by atoms with Gasteiger partial charge in [-0.1, -0.05) is 31.9 Å². The topological polar surface area (TPSA) is 50.9 Å². The Morgan fingerprint density at radius 1 is 1.32 bits per heavy atom. The van der Waals surface area contributed by atoms with Gasteiger partial charge in [0.25, 0.3) is 0 Å². The molecule has 0 aliphatic heterocycles. The number of rotatable bonds is 3. The highest BCUT2D eigenvalue weighted by Gasteiger charge is 2.31. The molecule has 1 aliphatic carbocycles. The Balaban J connectivity index is 1.96. The van der Waals surface area contributed by atoms with Gasteiger partial charge in [0.05, 0.1) is 5.52 Å². The van der Waals surface area contributed by atoms with Crippen LogP contribution >= 0.6 is 0 Å². The van der Waals surface area contributed by atoms with Gasteiger partial charge in [-0.3, -0.25) is 16.3 Å². The van der Waals surface area contributed by atoms with Gasteiger partial charge in [-0.05, 0) is 42.0 Å². The molecule has 1 aromatic heterocycles. The summed E-state index contributed by atoms with van der Waals surface area (Å²) in [7, 11) is 0. The molecule has 1 aromatic carbocycles. The molecule has 100 valence electrons. The molecular weight excluding hydrogens is 234 g/mol. The molecule has 0 amide bonds. The monoisotopic (exact) mass is 255 g/mol. The molecule has 19 heavy (non-hydrogen) atoms. The second-order valence-electron chi connectivity index (χ2n) is 5.67. The first-order valence-corrected chi connectivity index (χ1v) is 7.10. The molecule has 3 heteroatoms. The molecule has 0 spiro atoms. The SMILES string of the molecule is CC1CCCC1C(NN)c1ccc2ncccc2c1. The van der Waals surface area contributed by atoms with Crippen LogP contribution in [0.2, 0.25) is 0 Å². The molecule has 0 saturated heterocycles. The van der Waals surface area contributed by atoms with E-state index >= 15 is 0 Å². The predicted octanol–water partition coefficient (Wildman–Crippen LogP) is 3.18. The highest BCUT2D eigenvalue weighted by atomic mass is 15.2. The van der Waals surface area contributed by atoms with E-state index < -0.39 is 0 Å². The maximum atomic E-state index is 5.83. The van der Waals surface area contributed by atoms with Gasteiger partial charge in [0.2, 0.25) is 0 Å². The molecule has 0 bridgehead atoms. The highest BCUT2D eigenvalue weighted by Crippen LogP contribution is 2.40. The van der Waals surface area contributed by atoms with Crippen molar-refractivity contribution in [3.63, 3.8) is 0 Å². The largest absolute Gasteiger partial charge is 0.271 e. The Bertz CT molecular complexity index is 567. The maximum absolute atomic E-state index is 5.83. The third-order valence-electron chi connectivity index (χ3n) is 4.52. The van der Waals surface area contributed by atoms with Gasteiger partial charge < -0.3 is 0 Å². The van der Waals surface area contributed by atoms with Gasteiger partial charge >= 0.3 is 0 Å². The Kier molecular flexibility index (Phi) is 3.49. The van der Waals surface area contributed by atoms with E-state index in [1.165, 1.54) is 30.2 Å². The van der Waals surface area contributed by atoms with Crippen molar-refractivity contribution in [3.05, 3.63) is 42.1 Å². The number of hydrazine groups is 1. The predicted molar refractivity (Wildman–Crippen MR) is 78.3 cm³/mol. The Morgan fingerprint density at radius 3 is 2.95 bits per heavy atom. The van der Waals surface area contributed by atoms with Crippen molar-refractivity contribution in [2.45, 2.75) is 32.2 Å². The fourth-order valence-corrected chi connectivity index (χ4v) is 3.42. The quantitative estimate of drug-likeness (QED) is 0.654. The second kappa shape index (κ2) is 5.27. The highest BCUT2D eigenvalue weighted by molar-refractivity contribution is 5.79. The van der Waals surface area contributed by atoms with E-state index in [9.17, 15) is 0 Å². The van der Waals surface area contributed by atoms with E-state index in [1.807, 2.05) is 12.3 Å². The number of pyridine rings is 1. The molecule has 3 atom stereocenters. The Hall–Kier alpha value is -1.45. The molecule has 1 fully saturated rings. The van der Waals surface area contributed by atoms with E-state index in [0.29, 0.717) is 5.92 Å². The summed E-state index contributed by atoms with van der Waals surface area (Å²) >= 11 is 0. The smallest absolute Gasteiger partial charge is 0.0702 e. The van der Waals surface area contributed by atoms with Crippen molar-refractivity contribution in [2.75, 3.05) is 0 Å². The lowest BCUT2D eigenvalue weighted by molar-refractivity contribution is 0.305. The first-order chi connectivity index (χ1) is 9.29. The van der Waals surface area contributed by atoms with Crippen molar-refractivity contribution in [1.29, 1.82) is 0 Å². The summed E-state index contributed by atoms with van der Waals surface area (Å²) in [6.07, 6.45) is 5.73. The minimum absolute atomic E-state index is 0.252. The summed E-state index contributed by atoms with van der Waals surface area (Å²) < 4.78 is 0. The van der Waals surface area contributed by atoms with Crippen LogP contribution in [0.25, 0.3) is 10.9 Å². The summed E-state index contributed by atoms with van der Waals surface area (Å²) in [5.41, 5.74) is 5.36. The molecule has 3 unspecified atom stereocenters. The molecule has 1 saturated carbocycles. The Labute approximate surface area is 114 Å². The van der Waals surface area contributed by atoms with Crippen molar-refractivity contribution in [2.24, 2.45) is 17.7 Å². The standard InChI is InChI=1S/C16H21N3/c1-11-4-2-6-14(11)16(19-17)13-7-8-15-12(10-13)5-3-9-18-15/h3,5,7-11,14,16,19H,2,4,6,17H2,1H3. The summed E-state index contributed by atoms with van der Waals surface area (Å²) in [5.74, 6) is 7.20. The van der Waals surface area contributed by atoms with Crippen molar-refractivity contribution >= 4 is 10.9 Å². The van der Waals surface area contributed by atoms with Crippen LogP contribution in [0.3, 0.4) is 0 Å². The number of hydrogen-bond donors (Lipinski definition) is 2. The number of nitrogens with one attached hydrogen (secondary N) is 1. The van der Waals surface area contributed by atoms with Crippen molar-refractivity contribution < 1.29 is 0 Å². The third-order valence-corrected chi connectivity index (χ3v) is 4.52. The normalized spacial score (nSPS) is 24.7. The van der Waals surface area contributed by atoms with Crippen LogP contribution in [0.1, 0.15) is 37.8 Å². The summed E-state index contributed by atoms with van der Waals surface area (Å²) in [4.78, 5) is 4.37. The van der Waals surface area contributed by atoms with E-state index in [-0.39, 0.29) is 6.04 Å². The number of aromatic nitrogens is 1. The van der Waals surface area contributed by atoms with Gasteiger partial charge in [-0.25, -0.2) is 0 Å². The second-order valence-corrected chi connectivity index (χ2v) is 5.67. The summed E-state index contributed by atoms with van der Waals surface area (Å²) in [5, 5.41) is 1.19. The van der Waals surface area contributed by atoms with E-state index in [1.54, 1.807) is 0 Å². The van der Waals surface area contributed by atoms with Crippen LogP contribution in [-0.4, -0.2) is 4.98 Å². The average Bonchev–Trinajstić information content (AvgIpc) is 2.86. The fourth-order valence-electron chi connectivity index (χ4n) is 3.42. The average molecular weight is 255 g/mol. The molecule has 1 heterocycles. The molecule has 3 N–H and O–H groups in total. The zero-order valence-electron chi connectivity index (χ0n) is 11.3. The lowest BCUT2D eigenvalue weighted by Crippen LogP contribution is -2.34. The summed E-state index contributed by atoms with van der Waals surface area (Å²) in [6.45, 7) is 2.34. The van der Waals surface area contributed by atoms with Crippen LogP contribution in [0.4, 0.5) is 0 Å². The molecule has 3 rings (SSSR count). The fraction of sp³-hybridized carbons (Fsp3) is 0.438. The summed E-state index contributed by atoms with van der Waals surface area (Å²) in [6, 6.07) is 10.8. The van der Waals surface area contributed by atoms with Gasteiger partial charge in [0.1, 0.15) is 0 Å². The van der Waals surface area contributed by atoms with E-state index in [4.69, 9.17) is 5.84 Å². The zero-order chi connectivity index (χ0) is 13.2. The van der Waals surface area contributed by atoms with Crippen LogP contribution in [0.15, 0.2) is 36.5 Å². The lowest BCUT2D eigenvalue weighted by atomic mass is 9.86. The van der Waals surface area contributed by atoms with Crippen LogP contribution in [0, 0.1) is 11.8 Å². The molecule has 0 radical (unpaired) electrons.